The molecule has 0 bridgehead atoms. The molecule has 1 aliphatic carbocycles. The van der Waals surface area contributed by atoms with Gasteiger partial charge in [0.2, 0.25) is 0 Å². The molecule has 2 fully saturated rings. The number of rotatable bonds is 4. The Morgan fingerprint density at radius 3 is 2.68 bits per heavy atom. The van der Waals surface area contributed by atoms with Gasteiger partial charge in [-0.3, -0.25) is 4.90 Å². The Labute approximate surface area is 146 Å². The Morgan fingerprint density at radius 1 is 1.24 bits per heavy atom. The predicted molar refractivity (Wildman–Crippen MR) is 88.0 cm³/mol. The molecule has 25 heavy (non-hydrogen) atoms. The lowest BCUT2D eigenvalue weighted by molar-refractivity contribution is -0.142. The van der Waals surface area contributed by atoms with Crippen LogP contribution in [-0.2, 0) is 23.9 Å². The molecular weight excluding hydrogens is 331 g/mol. The third kappa shape index (κ3) is 5.14. The average molecular weight is 357 g/mol. The Bertz CT molecular complexity index is 573. The van der Waals surface area contributed by atoms with E-state index in [1.165, 1.54) is 12.6 Å². The van der Waals surface area contributed by atoms with Crippen LogP contribution in [0.15, 0.2) is 6.20 Å². The molecule has 1 aliphatic heterocycles. The van der Waals surface area contributed by atoms with E-state index in [4.69, 9.17) is 4.74 Å². The maximum absolute atomic E-state index is 13.5. The van der Waals surface area contributed by atoms with E-state index in [9.17, 15) is 13.2 Å². The van der Waals surface area contributed by atoms with E-state index in [0.29, 0.717) is 50.4 Å². The molecule has 0 aromatic carbocycles. The van der Waals surface area contributed by atoms with Gasteiger partial charge in [-0.15, -0.1) is 0 Å². The molecule has 0 amide bonds. The second kappa shape index (κ2) is 7.99. The molecule has 3 rings (SSSR count). The van der Waals surface area contributed by atoms with Crippen molar-refractivity contribution in [3.05, 3.63) is 23.3 Å². The highest BCUT2D eigenvalue weighted by Crippen LogP contribution is 2.33. The van der Waals surface area contributed by atoms with Gasteiger partial charge >= 0.3 is 6.18 Å². The second-order valence-corrected chi connectivity index (χ2v) is 7.39. The quantitative estimate of drug-likeness (QED) is 0.824. The van der Waals surface area contributed by atoms with Crippen molar-refractivity contribution in [2.45, 2.75) is 51.7 Å². The molecule has 4 nitrogen and oxygen atoms in total. The molecule has 1 saturated carbocycles. The number of alkyl halides is 3. The molecule has 0 radical (unpaired) electrons. The van der Waals surface area contributed by atoms with Gasteiger partial charge in [0, 0.05) is 37.8 Å². The minimum atomic E-state index is -4.45. The Hall–Kier alpha value is -1.21. The highest BCUT2D eigenvalue weighted by atomic mass is 19.4. The molecule has 1 aromatic rings. The van der Waals surface area contributed by atoms with Gasteiger partial charge in [-0.1, -0.05) is 19.8 Å². The van der Waals surface area contributed by atoms with Crippen LogP contribution < -0.4 is 0 Å². The van der Waals surface area contributed by atoms with Gasteiger partial charge in [-0.2, -0.15) is 13.2 Å². The fourth-order valence-corrected chi connectivity index (χ4v) is 3.91. The molecule has 2 atom stereocenters. The number of morpholine rings is 1. The summed E-state index contributed by atoms with van der Waals surface area (Å²) in [6.07, 6.45) is 1.96. The maximum atomic E-state index is 13.5. The van der Waals surface area contributed by atoms with E-state index in [-0.39, 0.29) is 12.1 Å². The van der Waals surface area contributed by atoms with Gasteiger partial charge in [0.05, 0.1) is 13.2 Å². The summed E-state index contributed by atoms with van der Waals surface area (Å²) in [4.78, 5) is 10.2. The van der Waals surface area contributed by atoms with E-state index in [2.05, 4.69) is 16.9 Å². The number of aromatic nitrogens is 2. The molecule has 2 aliphatic rings. The van der Waals surface area contributed by atoms with Crippen LogP contribution in [0.2, 0.25) is 0 Å². The van der Waals surface area contributed by atoms with Crippen molar-refractivity contribution >= 4 is 0 Å². The molecule has 2 unspecified atom stereocenters. The van der Waals surface area contributed by atoms with Crippen LogP contribution in [-0.4, -0.2) is 41.2 Å². The van der Waals surface area contributed by atoms with Crippen molar-refractivity contribution in [2.24, 2.45) is 11.8 Å². The molecular formula is C18H26F3N3O. The van der Waals surface area contributed by atoms with E-state index in [1.54, 1.807) is 0 Å². The van der Waals surface area contributed by atoms with Gasteiger partial charge in [0.1, 0.15) is 5.82 Å². The largest absolute Gasteiger partial charge is 0.433 e. The Kier molecular flexibility index (Phi) is 5.94. The molecule has 0 N–H and O–H groups in total. The first kappa shape index (κ1) is 18.6. The summed E-state index contributed by atoms with van der Waals surface area (Å²) in [6, 6.07) is 0. The predicted octanol–water partition coefficient (Wildman–Crippen LogP) is 3.70. The van der Waals surface area contributed by atoms with Crippen molar-refractivity contribution in [3.63, 3.8) is 0 Å². The standard InChI is InChI=1S/C18H26F3N3O/c1-13-3-2-4-14(9-13)10-16-22-11-15(17(23-16)18(19,20)21)12-24-5-7-25-8-6-24/h11,13-14H,2-10,12H2,1H3. The highest BCUT2D eigenvalue weighted by molar-refractivity contribution is 5.21. The zero-order chi connectivity index (χ0) is 17.9. The number of hydrogen-bond acceptors (Lipinski definition) is 4. The summed E-state index contributed by atoms with van der Waals surface area (Å²) in [5, 5.41) is 0. The minimum absolute atomic E-state index is 0.162. The summed E-state index contributed by atoms with van der Waals surface area (Å²) >= 11 is 0. The molecule has 140 valence electrons. The first-order chi connectivity index (χ1) is 11.9. The van der Waals surface area contributed by atoms with Crippen molar-refractivity contribution in [2.75, 3.05) is 26.3 Å². The fourth-order valence-electron chi connectivity index (χ4n) is 3.91. The van der Waals surface area contributed by atoms with Crippen LogP contribution in [0.3, 0.4) is 0 Å². The van der Waals surface area contributed by atoms with Gasteiger partial charge in [-0.05, 0) is 24.7 Å². The lowest BCUT2D eigenvalue weighted by Crippen LogP contribution is -2.36. The first-order valence-corrected chi connectivity index (χ1v) is 9.14. The second-order valence-electron chi connectivity index (χ2n) is 7.39. The number of halogens is 3. The van der Waals surface area contributed by atoms with Crippen LogP contribution in [0.25, 0.3) is 0 Å². The van der Waals surface area contributed by atoms with E-state index < -0.39 is 11.9 Å². The van der Waals surface area contributed by atoms with E-state index in [0.717, 1.165) is 19.3 Å². The average Bonchev–Trinajstić information content (AvgIpc) is 2.56. The Balaban J connectivity index is 1.75. The van der Waals surface area contributed by atoms with Gasteiger partial charge in [0.15, 0.2) is 5.69 Å². The monoisotopic (exact) mass is 357 g/mol. The zero-order valence-electron chi connectivity index (χ0n) is 14.7. The smallest absolute Gasteiger partial charge is 0.379 e. The summed E-state index contributed by atoms with van der Waals surface area (Å²) in [5.41, 5.74) is -0.608. The van der Waals surface area contributed by atoms with Crippen molar-refractivity contribution < 1.29 is 17.9 Å². The number of nitrogens with zero attached hydrogens (tertiary/aromatic N) is 3. The summed E-state index contributed by atoms with van der Waals surface area (Å²) in [5.74, 6) is 1.37. The first-order valence-electron chi connectivity index (χ1n) is 9.14. The zero-order valence-corrected chi connectivity index (χ0v) is 14.7. The SMILES string of the molecule is CC1CCCC(Cc2ncc(CN3CCOCC3)c(C(F)(F)F)n2)C1. The summed E-state index contributed by atoms with van der Waals surface area (Å²) < 4.78 is 45.7. The molecule has 1 aromatic heterocycles. The van der Waals surface area contributed by atoms with Gasteiger partial charge in [0.25, 0.3) is 0 Å². The third-order valence-corrected chi connectivity index (χ3v) is 5.20. The number of ether oxygens (including phenoxy) is 1. The Morgan fingerprint density at radius 2 is 2.00 bits per heavy atom. The lowest BCUT2D eigenvalue weighted by Gasteiger charge is -2.28. The lowest BCUT2D eigenvalue weighted by atomic mass is 9.81. The summed E-state index contributed by atoms with van der Waals surface area (Å²) in [6.45, 7) is 4.82. The van der Waals surface area contributed by atoms with Crippen LogP contribution >= 0.6 is 0 Å². The normalized spacial score (nSPS) is 25.9. The van der Waals surface area contributed by atoms with Crippen LogP contribution in [0.5, 0.6) is 0 Å². The van der Waals surface area contributed by atoms with Crippen LogP contribution in [0.4, 0.5) is 13.2 Å². The number of hydrogen-bond donors (Lipinski definition) is 0. The summed E-state index contributed by atoms with van der Waals surface area (Å²) in [7, 11) is 0. The van der Waals surface area contributed by atoms with Gasteiger partial charge < -0.3 is 4.74 Å². The van der Waals surface area contributed by atoms with Crippen molar-refractivity contribution in [1.29, 1.82) is 0 Å². The molecule has 7 heteroatoms. The third-order valence-electron chi connectivity index (χ3n) is 5.20. The fraction of sp³-hybridized carbons (Fsp3) is 0.778. The van der Waals surface area contributed by atoms with Gasteiger partial charge in [-0.25, -0.2) is 9.97 Å². The topological polar surface area (TPSA) is 38.2 Å². The maximum Gasteiger partial charge on any atom is 0.433 e. The highest BCUT2D eigenvalue weighted by Gasteiger charge is 2.36. The molecule has 2 heterocycles. The minimum Gasteiger partial charge on any atom is -0.379 e. The van der Waals surface area contributed by atoms with Crippen molar-refractivity contribution in [1.82, 2.24) is 14.9 Å². The van der Waals surface area contributed by atoms with E-state index in [1.807, 2.05) is 4.90 Å². The van der Waals surface area contributed by atoms with Crippen LogP contribution in [0.1, 0.15) is 49.7 Å². The van der Waals surface area contributed by atoms with Crippen molar-refractivity contribution in [3.8, 4) is 0 Å². The van der Waals surface area contributed by atoms with Crippen LogP contribution in [0, 0.1) is 11.8 Å². The van der Waals surface area contributed by atoms with E-state index >= 15 is 0 Å². The molecule has 0 spiro atoms. The molecule has 1 saturated heterocycles.